The summed E-state index contributed by atoms with van der Waals surface area (Å²) < 4.78 is 23.5. The van der Waals surface area contributed by atoms with Crippen molar-refractivity contribution >= 4 is 5.97 Å². The zero-order valence-corrected chi connectivity index (χ0v) is 13.1. The molecule has 0 bridgehead atoms. The monoisotopic (exact) mass is 309 g/mol. The maximum absolute atomic E-state index is 12.8. The Labute approximate surface area is 131 Å². The molecule has 0 saturated carbocycles. The molecule has 0 unspecified atom stereocenters. The molecule has 0 spiro atoms. The number of ether oxygens (including phenoxy) is 2. The van der Waals surface area contributed by atoms with Crippen molar-refractivity contribution in [3.8, 4) is 5.75 Å². The van der Waals surface area contributed by atoms with Crippen LogP contribution in [0, 0.1) is 11.7 Å². The summed E-state index contributed by atoms with van der Waals surface area (Å²) in [4.78, 5) is 14.1. The molecule has 1 atom stereocenters. The zero-order valence-electron chi connectivity index (χ0n) is 13.1. The molecule has 1 aliphatic heterocycles. The molecule has 0 radical (unpaired) electrons. The number of nitrogens with zero attached hydrogens (tertiary/aromatic N) is 1. The molecule has 0 N–H and O–H groups in total. The maximum atomic E-state index is 12.8. The van der Waals surface area contributed by atoms with Crippen molar-refractivity contribution in [3.63, 3.8) is 0 Å². The topological polar surface area (TPSA) is 38.8 Å². The Kier molecular flexibility index (Phi) is 6.65. The minimum atomic E-state index is -0.259. The van der Waals surface area contributed by atoms with E-state index in [4.69, 9.17) is 9.47 Å². The van der Waals surface area contributed by atoms with Gasteiger partial charge in [-0.05, 0) is 57.0 Å². The van der Waals surface area contributed by atoms with Crippen LogP contribution >= 0.6 is 0 Å². The quantitative estimate of drug-likeness (QED) is 0.573. The molecule has 1 saturated heterocycles. The van der Waals surface area contributed by atoms with E-state index in [2.05, 4.69) is 4.90 Å². The summed E-state index contributed by atoms with van der Waals surface area (Å²) in [5, 5.41) is 0. The van der Waals surface area contributed by atoms with Gasteiger partial charge in [0.25, 0.3) is 0 Å². The van der Waals surface area contributed by atoms with Crippen LogP contribution in [0.1, 0.15) is 26.2 Å². The van der Waals surface area contributed by atoms with Gasteiger partial charge in [-0.2, -0.15) is 0 Å². The summed E-state index contributed by atoms with van der Waals surface area (Å²) in [6.07, 6.45) is 2.83. The number of benzene rings is 1. The third-order valence-corrected chi connectivity index (χ3v) is 3.83. The van der Waals surface area contributed by atoms with Crippen molar-refractivity contribution in [1.82, 2.24) is 4.90 Å². The predicted octanol–water partition coefficient (Wildman–Crippen LogP) is 2.87. The van der Waals surface area contributed by atoms with Crippen LogP contribution in [0.2, 0.25) is 0 Å². The number of rotatable bonds is 7. The SMILES string of the molecule is CCOC(=O)[C@@H]1CCCN(CCCOc2ccc(F)cc2)C1. The van der Waals surface area contributed by atoms with E-state index in [0.717, 1.165) is 38.9 Å². The van der Waals surface area contributed by atoms with Crippen LogP contribution in [0.15, 0.2) is 24.3 Å². The van der Waals surface area contributed by atoms with Gasteiger partial charge in [-0.25, -0.2) is 4.39 Å². The number of likely N-dealkylation sites (tertiary alicyclic amines) is 1. The second kappa shape index (κ2) is 8.73. The van der Waals surface area contributed by atoms with Gasteiger partial charge in [0.15, 0.2) is 0 Å². The van der Waals surface area contributed by atoms with Gasteiger partial charge in [0.05, 0.1) is 19.1 Å². The number of carbonyl (C=O) groups excluding carboxylic acids is 1. The van der Waals surface area contributed by atoms with Crippen molar-refractivity contribution in [2.45, 2.75) is 26.2 Å². The van der Waals surface area contributed by atoms with Gasteiger partial charge in [0, 0.05) is 13.1 Å². The highest BCUT2D eigenvalue weighted by atomic mass is 19.1. The molecule has 1 aromatic carbocycles. The van der Waals surface area contributed by atoms with Crippen molar-refractivity contribution in [1.29, 1.82) is 0 Å². The van der Waals surface area contributed by atoms with Gasteiger partial charge < -0.3 is 14.4 Å². The van der Waals surface area contributed by atoms with E-state index >= 15 is 0 Å². The summed E-state index contributed by atoms with van der Waals surface area (Å²) in [5.41, 5.74) is 0. The normalized spacial score (nSPS) is 18.9. The summed E-state index contributed by atoms with van der Waals surface area (Å²) in [7, 11) is 0. The van der Waals surface area contributed by atoms with Gasteiger partial charge >= 0.3 is 5.97 Å². The van der Waals surface area contributed by atoms with E-state index in [1.165, 1.54) is 12.1 Å². The Morgan fingerprint density at radius 1 is 1.36 bits per heavy atom. The van der Waals surface area contributed by atoms with Crippen LogP contribution in [-0.4, -0.2) is 43.7 Å². The van der Waals surface area contributed by atoms with E-state index in [0.29, 0.717) is 19.0 Å². The van der Waals surface area contributed by atoms with Crippen LogP contribution < -0.4 is 4.74 Å². The highest BCUT2D eigenvalue weighted by Gasteiger charge is 2.26. The highest BCUT2D eigenvalue weighted by molar-refractivity contribution is 5.72. The smallest absolute Gasteiger partial charge is 0.310 e. The minimum Gasteiger partial charge on any atom is -0.494 e. The third kappa shape index (κ3) is 5.30. The maximum Gasteiger partial charge on any atom is 0.310 e. The number of carbonyl (C=O) groups is 1. The fourth-order valence-corrected chi connectivity index (χ4v) is 2.72. The molecular weight excluding hydrogens is 285 g/mol. The fourth-order valence-electron chi connectivity index (χ4n) is 2.72. The molecule has 5 heteroatoms. The Bertz CT molecular complexity index is 463. The molecule has 1 aliphatic rings. The van der Waals surface area contributed by atoms with Gasteiger partial charge in [0.2, 0.25) is 0 Å². The molecular formula is C17H24FNO3. The van der Waals surface area contributed by atoms with E-state index in [9.17, 15) is 9.18 Å². The summed E-state index contributed by atoms with van der Waals surface area (Å²) in [6, 6.07) is 6.05. The lowest BCUT2D eigenvalue weighted by Gasteiger charge is -2.31. The second-order valence-corrected chi connectivity index (χ2v) is 5.55. The highest BCUT2D eigenvalue weighted by Crippen LogP contribution is 2.18. The standard InChI is InChI=1S/C17H24FNO3/c1-2-21-17(20)14-5-3-10-19(13-14)11-4-12-22-16-8-6-15(18)7-9-16/h6-9,14H,2-5,10-13H2,1H3/t14-/m1/s1. The molecule has 0 aliphatic carbocycles. The van der Waals surface area contributed by atoms with Crippen LogP contribution in [0.4, 0.5) is 4.39 Å². The van der Waals surface area contributed by atoms with E-state index in [-0.39, 0.29) is 17.7 Å². The van der Waals surface area contributed by atoms with Gasteiger partial charge in [0.1, 0.15) is 11.6 Å². The molecule has 122 valence electrons. The molecule has 1 heterocycles. The lowest BCUT2D eigenvalue weighted by atomic mass is 9.98. The Hall–Kier alpha value is -1.62. The van der Waals surface area contributed by atoms with E-state index in [1.807, 2.05) is 6.92 Å². The molecule has 22 heavy (non-hydrogen) atoms. The first kappa shape index (κ1) is 16.7. The second-order valence-electron chi connectivity index (χ2n) is 5.55. The number of halogens is 1. The Morgan fingerprint density at radius 2 is 2.14 bits per heavy atom. The minimum absolute atomic E-state index is 0.00622. The molecule has 0 amide bonds. The molecule has 4 nitrogen and oxygen atoms in total. The first-order valence-electron chi connectivity index (χ1n) is 7.96. The van der Waals surface area contributed by atoms with Gasteiger partial charge in [-0.3, -0.25) is 4.79 Å². The summed E-state index contributed by atoms with van der Waals surface area (Å²) >= 11 is 0. The largest absolute Gasteiger partial charge is 0.494 e. The lowest BCUT2D eigenvalue weighted by Crippen LogP contribution is -2.40. The predicted molar refractivity (Wildman–Crippen MR) is 82.3 cm³/mol. The molecule has 2 rings (SSSR count). The average molecular weight is 309 g/mol. The first-order valence-corrected chi connectivity index (χ1v) is 7.96. The fraction of sp³-hybridized carbons (Fsp3) is 0.588. The molecule has 0 aromatic heterocycles. The van der Waals surface area contributed by atoms with Crippen LogP contribution in [0.25, 0.3) is 0 Å². The van der Waals surface area contributed by atoms with Crippen LogP contribution in [0.3, 0.4) is 0 Å². The van der Waals surface area contributed by atoms with Crippen LogP contribution in [-0.2, 0) is 9.53 Å². The van der Waals surface area contributed by atoms with Crippen LogP contribution in [0.5, 0.6) is 5.75 Å². The van der Waals surface area contributed by atoms with Crippen molar-refractivity contribution in [2.75, 3.05) is 32.8 Å². The third-order valence-electron chi connectivity index (χ3n) is 3.83. The first-order chi connectivity index (χ1) is 10.7. The lowest BCUT2D eigenvalue weighted by molar-refractivity contribution is -0.149. The van der Waals surface area contributed by atoms with Crippen molar-refractivity contribution < 1.29 is 18.7 Å². The van der Waals surface area contributed by atoms with Crippen molar-refractivity contribution in [3.05, 3.63) is 30.1 Å². The average Bonchev–Trinajstić information content (AvgIpc) is 2.54. The Balaban J connectivity index is 1.66. The molecule has 1 fully saturated rings. The molecule has 1 aromatic rings. The summed E-state index contributed by atoms with van der Waals surface area (Å²) in [6.45, 7) is 5.57. The number of piperidine rings is 1. The van der Waals surface area contributed by atoms with E-state index in [1.54, 1.807) is 12.1 Å². The van der Waals surface area contributed by atoms with E-state index < -0.39 is 0 Å². The number of hydrogen-bond donors (Lipinski definition) is 0. The number of hydrogen-bond acceptors (Lipinski definition) is 4. The number of esters is 1. The van der Waals surface area contributed by atoms with Gasteiger partial charge in [-0.15, -0.1) is 0 Å². The summed E-state index contributed by atoms with van der Waals surface area (Å²) in [5.74, 6) is 0.358. The zero-order chi connectivity index (χ0) is 15.8. The van der Waals surface area contributed by atoms with Gasteiger partial charge in [-0.1, -0.05) is 0 Å². The van der Waals surface area contributed by atoms with Crippen molar-refractivity contribution in [2.24, 2.45) is 5.92 Å². The Morgan fingerprint density at radius 3 is 2.86 bits per heavy atom.